The third kappa shape index (κ3) is 2.50. The lowest BCUT2D eigenvalue weighted by molar-refractivity contribution is 0.367. The summed E-state index contributed by atoms with van der Waals surface area (Å²) in [6.07, 6.45) is 7.32. The lowest BCUT2D eigenvalue weighted by atomic mass is 9.92. The highest BCUT2D eigenvalue weighted by molar-refractivity contribution is 4.71. The van der Waals surface area contributed by atoms with Crippen molar-refractivity contribution < 1.29 is 0 Å². The van der Waals surface area contributed by atoms with E-state index >= 15 is 0 Å². The van der Waals surface area contributed by atoms with E-state index in [0.29, 0.717) is 0 Å². The molecule has 0 N–H and O–H groups in total. The summed E-state index contributed by atoms with van der Waals surface area (Å²) in [4.78, 5) is 0. The van der Waals surface area contributed by atoms with Crippen LogP contribution in [0.15, 0.2) is 0 Å². The standard InChI is InChI=1S/C11H22/c1-4-11-7-5-9(2)10(3)6-8-11/h9-11H,4-8H2,1-3H3. The van der Waals surface area contributed by atoms with Gasteiger partial charge in [0.1, 0.15) is 0 Å². The second kappa shape index (κ2) is 4.13. The van der Waals surface area contributed by atoms with Crippen LogP contribution in [-0.2, 0) is 0 Å². The summed E-state index contributed by atoms with van der Waals surface area (Å²) in [6, 6.07) is 0. The second-order valence-electron chi connectivity index (χ2n) is 4.38. The molecule has 2 unspecified atom stereocenters. The predicted octanol–water partition coefficient (Wildman–Crippen LogP) is 3.86. The summed E-state index contributed by atoms with van der Waals surface area (Å²) < 4.78 is 0. The summed E-state index contributed by atoms with van der Waals surface area (Å²) in [6.45, 7) is 7.18. The Morgan fingerprint density at radius 2 is 1.36 bits per heavy atom. The van der Waals surface area contributed by atoms with Gasteiger partial charge in [0.05, 0.1) is 0 Å². The molecular weight excluding hydrogens is 132 g/mol. The van der Waals surface area contributed by atoms with Gasteiger partial charge in [0.15, 0.2) is 0 Å². The molecule has 0 aromatic rings. The van der Waals surface area contributed by atoms with Gasteiger partial charge in [-0.3, -0.25) is 0 Å². The topological polar surface area (TPSA) is 0 Å². The molecule has 0 amide bonds. The van der Waals surface area contributed by atoms with Gasteiger partial charge in [-0.1, -0.05) is 52.9 Å². The molecular formula is C11H22. The molecule has 2 atom stereocenters. The summed E-state index contributed by atoms with van der Waals surface area (Å²) in [7, 11) is 0. The van der Waals surface area contributed by atoms with E-state index in [1.165, 1.54) is 32.1 Å². The van der Waals surface area contributed by atoms with Crippen LogP contribution in [-0.4, -0.2) is 0 Å². The lowest BCUT2D eigenvalue weighted by Gasteiger charge is -2.14. The zero-order valence-corrected chi connectivity index (χ0v) is 8.27. The van der Waals surface area contributed by atoms with Crippen LogP contribution in [0.2, 0.25) is 0 Å². The van der Waals surface area contributed by atoms with E-state index in [9.17, 15) is 0 Å². The molecule has 1 fully saturated rings. The van der Waals surface area contributed by atoms with Crippen molar-refractivity contribution in [3.05, 3.63) is 0 Å². The Labute approximate surface area is 71.4 Å². The van der Waals surface area contributed by atoms with E-state index in [-0.39, 0.29) is 0 Å². The molecule has 11 heavy (non-hydrogen) atoms. The van der Waals surface area contributed by atoms with E-state index < -0.39 is 0 Å². The van der Waals surface area contributed by atoms with Gasteiger partial charge in [-0.25, -0.2) is 0 Å². The summed E-state index contributed by atoms with van der Waals surface area (Å²) in [5.74, 6) is 3.00. The number of hydrogen-bond acceptors (Lipinski definition) is 0. The third-order valence-electron chi connectivity index (χ3n) is 3.61. The summed E-state index contributed by atoms with van der Waals surface area (Å²) >= 11 is 0. The molecule has 0 nitrogen and oxygen atoms in total. The fourth-order valence-electron chi connectivity index (χ4n) is 2.12. The Morgan fingerprint density at radius 3 is 1.73 bits per heavy atom. The largest absolute Gasteiger partial charge is 0.0651 e. The van der Waals surface area contributed by atoms with Crippen molar-refractivity contribution in [2.45, 2.75) is 52.9 Å². The van der Waals surface area contributed by atoms with Crippen LogP contribution in [0.4, 0.5) is 0 Å². The minimum Gasteiger partial charge on any atom is -0.0651 e. The van der Waals surface area contributed by atoms with E-state index in [4.69, 9.17) is 0 Å². The van der Waals surface area contributed by atoms with Crippen molar-refractivity contribution in [2.75, 3.05) is 0 Å². The zero-order valence-electron chi connectivity index (χ0n) is 8.27. The van der Waals surface area contributed by atoms with Crippen LogP contribution >= 0.6 is 0 Å². The molecule has 1 aliphatic rings. The quantitative estimate of drug-likeness (QED) is 0.503. The Balaban J connectivity index is 2.38. The first-order valence-corrected chi connectivity index (χ1v) is 5.24. The average Bonchev–Trinajstić information content (AvgIpc) is 2.16. The first kappa shape index (κ1) is 9.09. The molecule has 0 radical (unpaired) electrons. The van der Waals surface area contributed by atoms with Crippen molar-refractivity contribution in [2.24, 2.45) is 17.8 Å². The van der Waals surface area contributed by atoms with Gasteiger partial charge in [-0.05, 0) is 17.8 Å². The van der Waals surface area contributed by atoms with E-state index in [0.717, 1.165) is 17.8 Å². The smallest absolute Gasteiger partial charge is 0.0417 e. The van der Waals surface area contributed by atoms with Crippen LogP contribution in [0, 0.1) is 17.8 Å². The summed E-state index contributed by atoms with van der Waals surface area (Å²) in [5, 5.41) is 0. The van der Waals surface area contributed by atoms with E-state index in [1.54, 1.807) is 0 Å². The predicted molar refractivity (Wildman–Crippen MR) is 50.6 cm³/mol. The minimum absolute atomic E-state index is 0.978. The van der Waals surface area contributed by atoms with Crippen LogP contribution in [0.5, 0.6) is 0 Å². The van der Waals surface area contributed by atoms with E-state index in [1.807, 2.05) is 0 Å². The van der Waals surface area contributed by atoms with Crippen LogP contribution < -0.4 is 0 Å². The van der Waals surface area contributed by atoms with Crippen LogP contribution in [0.3, 0.4) is 0 Å². The first-order valence-electron chi connectivity index (χ1n) is 5.24. The maximum Gasteiger partial charge on any atom is -0.0417 e. The highest BCUT2D eigenvalue weighted by atomic mass is 14.3. The molecule has 0 heteroatoms. The van der Waals surface area contributed by atoms with Crippen molar-refractivity contribution in [1.29, 1.82) is 0 Å². The SMILES string of the molecule is CCC1CCC(C)C(C)CC1. The monoisotopic (exact) mass is 154 g/mol. The highest BCUT2D eigenvalue weighted by Crippen LogP contribution is 2.32. The zero-order chi connectivity index (χ0) is 8.27. The Morgan fingerprint density at radius 1 is 0.909 bits per heavy atom. The molecule has 0 aliphatic heterocycles. The number of hydrogen-bond donors (Lipinski definition) is 0. The number of rotatable bonds is 1. The van der Waals surface area contributed by atoms with Crippen molar-refractivity contribution in [1.82, 2.24) is 0 Å². The fraction of sp³-hybridized carbons (Fsp3) is 1.00. The van der Waals surface area contributed by atoms with Gasteiger partial charge in [0.2, 0.25) is 0 Å². The van der Waals surface area contributed by atoms with Crippen molar-refractivity contribution in [3.63, 3.8) is 0 Å². The second-order valence-corrected chi connectivity index (χ2v) is 4.38. The van der Waals surface area contributed by atoms with Crippen LogP contribution in [0.1, 0.15) is 52.9 Å². The Hall–Kier alpha value is 0. The Bertz CT molecular complexity index is 94.6. The molecule has 1 aliphatic carbocycles. The normalized spacial score (nSPS) is 40.1. The van der Waals surface area contributed by atoms with Gasteiger partial charge in [-0.15, -0.1) is 0 Å². The molecule has 0 saturated heterocycles. The lowest BCUT2D eigenvalue weighted by Crippen LogP contribution is -2.04. The Kier molecular flexibility index (Phi) is 3.42. The van der Waals surface area contributed by atoms with Gasteiger partial charge >= 0.3 is 0 Å². The van der Waals surface area contributed by atoms with Crippen LogP contribution in [0.25, 0.3) is 0 Å². The molecule has 66 valence electrons. The molecule has 0 aromatic heterocycles. The van der Waals surface area contributed by atoms with Gasteiger partial charge in [0, 0.05) is 0 Å². The van der Waals surface area contributed by atoms with Crippen molar-refractivity contribution >= 4 is 0 Å². The average molecular weight is 154 g/mol. The molecule has 0 spiro atoms. The molecule has 1 saturated carbocycles. The minimum atomic E-state index is 0.978. The maximum atomic E-state index is 2.42. The third-order valence-corrected chi connectivity index (χ3v) is 3.61. The highest BCUT2D eigenvalue weighted by Gasteiger charge is 2.19. The first-order chi connectivity index (χ1) is 5.24. The van der Waals surface area contributed by atoms with Gasteiger partial charge in [-0.2, -0.15) is 0 Å². The molecule has 0 bridgehead atoms. The molecule has 0 heterocycles. The maximum absolute atomic E-state index is 2.42. The van der Waals surface area contributed by atoms with Crippen molar-refractivity contribution in [3.8, 4) is 0 Å². The fourth-order valence-corrected chi connectivity index (χ4v) is 2.12. The molecule has 0 aromatic carbocycles. The molecule has 1 rings (SSSR count). The van der Waals surface area contributed by atoms with Gasteiger partial charge in [0.25, 0.3) is 0 Å². The summed E-state index contributed by atoms with van der Waals surface area (Å²) in [5.41, 5.74) is 0. The van der Waals surface area contributed by atoms with E-state index in [2.05, 4.69) is 20.8 Å². The van der Waals surface area contributed by atoms with Gasteiger partial charge < -0.3 is 0 Å².